The van der Waals surface area contributed by atoms with Gasteiger partial charge in [0.15, 0.2) is 0 Å². The van der Waals surface area contributed by atoms with E-state index in [0.717, 1.165) is 0 Å². The number of β-amino-alcohol motifs (C(OH)–C–C–N with tert-alkyl or cyclic N) is 1. The van der Waals surface area contributed by atoms with Crippen LogP contribution in [0, 0.1) is 0 Å². The van der Waals surface area contributed by atoms with E-state index < -0.39 is 11.5 Å². The Bertz CT molecular complexity index is 482. The summed E-state index contributed by atoms with van der Waals surface area (Å²) in [6.45, 7) is 1.24. The van der Waals surface area contributed by atoms with Crippen LogP contribution in [-0.2, 0) is 13.1 Å². The van der Waals surface area contributed by atoms with Crippen molar-refractivity contribution >= 4 is 5.97 Å². The van der Waals surface area contributed by atoms with Gasteiger partial charge in [-0.05, 0) is 0 Å². The van der Waals surface area contributed by atoms with Crippen LogP contribution in [0.5, 0.6) is 0 Å². The second kappa shape index (κ2) is 4.03. The fourth-order valence-corrected chi connectivity index (χ4v) is 1.73. The van der Waals surface area contributed by atoms with E-state index in [1.807, 2.05) is 4.90 Å². The first-order valence-electron chi connectivity index (χ1n) is 4.80. The third-order valence-electron chi connectivity index (χ3n) is 2.48. The zero-order valence-electron chi connectivity index (χ0n) is 8.43. The summed E-state index contributed by atoms with van der Waals surface area (Å²) in [5.41, 5.74) is 0.552. The first-order chi connectivity index (χ1) is 7.61. The van der Waals surface area contributed by atoms with Crippen LogP contribution in [0.3, 0.4) is 0 Å². The number of aromatic nitrogens is 2. The highest BCUT2D eigenvalue weighted by Crippen LogP contribution is 2.16. The number of fused-ring (bicyclic) bond motifs is 1. The number of nitrogens with zero attached hydrogens (tertiary/aromatic N) is 2. The molecule has 0 saturated heterocycles. The van der Waals surface area contributed by atoms with Gasteiger partial charge >= 0.3 is 5.97 Å². The monoisotopic (exact) mass is 225 g/mol. The molecule has 0 fully saturated rings. The third kappa shape index (κ3) is 1.82. The molecule has 1 aromatic heterocycles. The van der Waals surface area contributed by atoms with E-state index >= 15 is 0 Å². The molecular formula is C9H11N3O4. The number of carboxylic acids is 1. The number of aliphatic hydroxyl groups is 1. The number of aromatic carboxylic acids is 1. The van der Waals surface area contributed by atoms with Gasteiger partial charge in [0.1, 0.15) is 0 Å². The van der Waals surface area contributed by atoms with Gasteiger partial charge in [0.25, 0.3) is 5.56 Å². The molecular weight excluding hydrogens is 214 g/mol. The highest BCUT2D eigenvalue weighted by Gasteiger charge is 2.24. The molecule has 7 nitrogen and oxygen atoms in total. The lowest BCUT2D eigenvalue weighted by atomic mass is 10.3. The number of rotatable bonds is 3. The van der Waals surface area contributed by atoms with Gasteiger partial charge in [0.05, 0.1) is 17.9 Å². The van der Waals surface area contributed by atoms with Crippen molar-refractivity contribution in [3.05, 3.63) is 27.4 Å². The van der Waals surface area contributed by atoms with Crippen LogP contribution in [0.2, 0.25) is 0 Å². The number of aliphatic hydroxyl groups excluding tert-OH is 1. The van der Waals surface area contributed by atoms with Crippen LogP contribution in [0.15, 0.2) is 4.79 Å². The lowest BCUT2D eigenvalue weighted by Crippen LogP contribution is -2.22. The molecule has 0 unspecified atom stereocenters. The summed E-state index contributed by atoms with van der Waals surface area (Å²) in [7, 11) is 0. The Hall–Kier alpha value is -1.73. The van der Waals surface area contributed by atoms with E-state index in [1.165, 1.54) is 0 Å². The minimum absolute atomic E-state index is 0.00230. The molecule has 86 valence electrons. The van der Waals surface area contributed by atoms with Crippen LogP contribution >= 0.6 is 0 Å². The van der Waals surface area contributed by atoms with Crippen molar-refractivity contribution in [2.24, 2.45) is 0 Å². The van der Waals surface area contributed by atoms with Gasteiger partial charge in [-0.3, -0.25) is 9.69 Å². The molecule has 0 atom stereocenters. The minimum Gasteiger partial charge on any atom is -0.475 e. The van der Waals surface area contributed by atoms with E-state index in [0.29, 0.717) is 30.9 Å². The molecule has 16 heavy (non-hydrogen) atoms. The van der Waals surface area contributed by atoms with Crippen LogP contribution in [-0.4, -0.2) is 44.2 Å². The van der Waals surface area contributed by atoms with Gasteiger partial charge in [-0.25, -0.2) is 9.78 Å². The number of carboxylic acid groups (broad SMARTS) is 1. The van der Waals surface area contributed by atoms with Crippen LogP contribution in [0.4, 0.5) is 0 Å². The Balaban J connectivity index is 2.35. The first-order valence-corrected chi connectivity index (χ1v) is 4.80. The Morgan fingerprint density at radius 1 is 1.50 bits per heavy atom. The first kappa shape index (κ1) is 10.8. The van der Waals surface area contributed by atoms with Gasteiger partial charge < -0.3 is 15.2 Å². The summed E-state index contributed by atoms with van der Waals surface area (Å²) in [5, 5.41) is 17.5. The van der Waals surface area contributed by atoms with E-state index in [-0.39, 0.29) is 12.4 Å². The number of hydrogen-bond donors (Lipinski definition) is 3. The molecule has 0 aliphatic carbocycles. The number of H-pyrrole nitrogens is 1. The van der Waals surface area contributed by atoms with Gasteiger partial charge in [-0.15, -0.1) is 0 Å². The zero-order valence-corrected chi connectivity index (χ0v) is 8.43. The van der Waals surface area contributed by atoms with Gasteiger partial charge in [0, 0.05) is 19.6 Å². The maximum Gasteiger partial charge on any atom is 0.372 e. The summed E-state index contributed by atoms with van der Waals surface area (Å²) in [6, 6.07) is 0. The Labute approximate surface area is 90.4 Å². The standard InChI is InChI=1S/C9H11N3O4/c13-2-1-12-3-5-6(4-12)10-7(9(15)16)11-8(5)14/h13H,1-4H2,(H,15,16)(H,10,11,14). The fourth-order valence-electron chi connectivity index (χ4n) is 1.73. The molecule has 7 heteroatoms. The highest BCUT2D eigenvalue weighted by atomic mass is 16.4. The smallest absolute Gasteiger partial charge is 0.372 e. The van der Waals surface area contributed by atoms with Gasteiger partial charge in [-0.1, -0.05) is 0 Å². The quantitative estimate of drug-likeness (QED) is 0.595. The van der Waals surface area contributed by atoms with Crippen molar-refractivity contribution in [1.29, 1.82) is 0 Å². The molecule has 2 heterocycles. The van der Waals surface area contributed by atoms with Crippen molar-refractivity contribution in [1.82, 2.24) is 14.9 Å². The Morgan fingerprint density at radius 2 is 2.25 bits per heavy atom. The molecule has 0 bridgehead atoms. The molecule has 0 aromatic carbocycles. The molecule has 1 aromatic rings. The molecule has 2 rings (SSSR count). The number of nitrogens with one attached hydrogen (secondary N) is 1. The summed E-state index contributed by atoms with van der Waals surface area (Å²) in [4.78, 5) is 30.1. The second-order valence-corrected chi connectivity index (χ2v) is 3.58. The maximum atomic E-state index is 11.5. The predicted octanol–water partition coefficient (Wildman–Crippen LogP) is -1.22. The predicted molar refractivity (Wildman–Crippen MR) is 53.0 cm³/mol. The lowest BCUT2D eigenvalue weighted by molar-refractivity contribution is 0.0682. The average molecular weight is 225 g/mol. The van der Waals surface area contributed by atoms with Gasteiger partial charge in [-0.2, -0.15) is 0 Å². The zero-order chi connectivity index (χ0) is 11.7. The van der Waals surface area contributed by atoms with Crippen molar-refractivity contribution in [3.8, 4) is 0 Å². The van der Waals surface area contributed by atoms with Crippen molar-refractivity contribution < 1.29 is 15.0 Å². The van der Waals surface area contributed by atoms with E-state index in [9.17, 15) is 9.59 Å². The molecule has 1 aliphatic rings. The average Bonchev–Trinajstić information content (AvgIpc) is 2.61. The summed E-state index contributed by atoms with van der Waals surface area (Å²) < 4.78 is 0. The highest BCUT2D eigenvalue weighted by molar-refractivity contribution is 5.83. The van der Waals surface area contributed by atoms with Crippen molar-refractivity contribution in [2.45, 2.75) is 13.1 Å². The Kier molecular flexibility index (Phi) is 2.71. The molecule has 1 aliphatic heterocycles. The van der Waals surface area contributed by atoms with E-state index in [2.05, 4.69) is 9.97 Å². The summed E-state index contributed by atoms with van der Waals surface area (Å²) in [5.74, 6) is -1.59. The maximum absolute atomic E-state index is 11.5. The van der Waals surface area contributed by atoms with E-state index in [4.69, 9.17) is 10.2 Å². The largest absolute Gasteiger partial charge is 0.475 e. The molecule has 3 N–H and O–H groups in total. The van der Waals surface area contributed by atoms with Gasteiger partial charge in [0.2, 0.25) is 5.82 Å². The summed E-state index contributed by atoms with van der Waals surface area (Å²) >= 11 is 0. The van der Waals surface area contributed by atoms with Crippen LogP contribution < -0.4 is 5.56 Å². The molecule has 0 radical (unpaired) electrons. The third-order valence-corrected chi connectivity index (χ3v) is 2.48. The van der Waals surface area contributed by atoms with E-state index in [1.54, 1.807) is 0 Å². The molecule has 0 spiro atoms. The normalized spacial score (nSPS) is 15.1. The van der Waals surface area contributed by atoms with Crippen LogP contribution in [0.25, 0.3) is 0 Å². The topological polar surface area (TPSA) is 107 Å². The Morgan fingerprint density at radius 3 is 2.88 bits per heavy atom. The summed E-state index contributed by atoms with van der Waals surface area (Å²) in [6.07, 6.45) is 0. The lowest BCUT2D eigenvalue weighted by Gasteiger charge is -2.10. The second-order valence-electron chi connectivity index (χ2n) is 3.58. The number of hydrogen-bond acceptors (Lipinski definition) is 5. The number of carbonyl (C=O) groups is 1. The number of aromatic amines is 1. The minimum atomic E-state index is -1.25. The van der Waals surface area contributed by atoms with Crippen molar-refractivity contribution in [3.63, 3.8) is 0 Å². The van der Waals surface area contributed by atoms with Crippen LogP contribution in [0.1, 0.15) is 21.9 Å². The SMILES string of the molecule is O=C(O)c1nc2c(c(=O)[nH]1)CN(CCO)C2. The van der Waals surface area contributed by atoms with Crippen molar-refractivity contribution in [2.75, 3.05) is 13.2 Å². The fraction of sp³-hybridized carbons (Fsp3) is 0.444. The molecule has 0 amide bonds. The molecule has 0 saturated carbocycles.